The molecule has 0 radical (unpaired) electrons. The van der Waals surface area contributed by atoms with E-state index in [-0.39, 0.29) is 19.1 Å². The Bertz CT molecular complexity index is 1270. The zero-order valence-corrected chi connectivity index (χ0v) is 45.5. The van der Waals surface area contributed by atoms with Crippen molar-refractivity contribution in [1.29, 1.82) is 0 Å². The number of aliphatic hydroxyl groups excluding tert-OH is 1. The lowest BCUT2D eigenvalue weighted by Gasteiger charge is -2.29. The standard InChI is InChI=1S/C58H109N2O6P/c1-6-8-10-12-14-16-18-20-21-22-23-24-25-26-27-28-29-30-31-32-33-34-35-36-37-38-39-40-42-44-46-48-50-52-58(62)59-56(55-66-67(63,64)65-54-53-60(3,4)5)57(61)51-49-47-45-43-41-19-17-15-13-11-9-7-2/h8,10,14,16,20-21,23-24,49,51,56-57,61H,6-7,9,11-13,15,17-19,22,25-48,50,52-55H2,1-5H3,(H-,59,62,63,64)/b10-8-,16-14-,21-20-,24-23-,51-49+. The third kappa shape index (κ3) is 51.9. The van der Waals surface area contributed by atoms with Crippen molar-refractivity contribution in [2.75, 3.05) is 40.9 Å². The summed E-state index contributed by atoms with van der Waals surface area (Å²) >= 11 is 0. The molecule has 9 heteroatoms. The van der Waals surface area contributed by atoms with Crippen LogP contribution in [-0.4, -0.2) is 68.5 Å². The lowest BCUT2D eigenvalue weighted by atomic mass is 10.0. The molecule has 3 atom stereocenters. The number of carbonyl (C=O) groups excluding carboxylic acids is 1. The topological polar surface area (TPSA) is 108 Å². The second-order valence-electron chi connectivity index (χ2n) is 20.3. The van der Waals surface area contributed by atoms with Gasteiger partial charge in [0.25, 0.3) is 7.82 Å². The van der Waals surface area contributed by atoms with E-state index in [9.17, 15) is 19.4 Å². The normalized spacial score (nSPS) is 14.4. The summed E-state index contributed by atoms with van der Waals surface area (Å²) in [7, 11) is 1.26. The highest BCUT2D eigenvalue weighted by Crippen LogP contribution is 2.38. The van der Waals surface area contributed by atoms with Crippen LogP contribution in [0.2, 0.25) is 0 Å². The molecule has 0 saturated carbocycles. The molecule has 0 aromatic heterocycles. The number of aliphatic hydroxyl groups is 1. The Morgan fingerprint density at radius 3 is 1.33 bits per heavy atom. The van der Waals surface area contributed by atoms with Gasteiger partial charge in [-0.3, -0.25) is 9.36 Å². The van der Waals surface area contributed by atoms with E-state index in [0.29, 0.717) is 17.4 Å². The van der Waals surface area contributed by atoms with E-state index in [2.05, 4.69) is 67.8 Å². The first kappa shape index (κ1) is 65.2. The molecule has 0 saturated heterocycles. The highest BCUT2D eigenvalue weighted by atomic mass is 31.2. The SMILES string of the molecule is CC/C=C\C/C=C\C/C=C\C/C=C\CCCCCCCCCCCCCCCCCCCCCCC(=O)NC(COP(=O)([O-])OCC[N+](C)(C)C)C(O)/C=C/CCCCCCCCCCCC. The molecular weight excluding hydrogens is 852 g/mol. The van der Waals surface area contributed by atoms with Crippen LogP contribution in [0.15, 0.2) is 60.8 Å². The average Bonchev–Trinajstić information content (AvgIpc) is 3.29. The van der Waals surface area contributed by atoms with Crippen LogP contribution in [0.4, 0.5) is 0 Å². The van der Waals surface area contributed by atoms with Crippen molar-refractivity contribution in [1.82, 2.24) is 5.32 Å². The number of amides is 1. The van der Waals surface area contributed by atoms with Crippen LogP contribution in [0.3, 0.4) is 0 Å². The highest BCUT2D eigenvalue weighted by Gasteiger charge is 2.23. The van der Waals surface area contributed by atoms with Gasteiger partial charge in [-0.25, -0.2) is 0 Å². The van der Waals surface area contributed by atoms with Crippen LogP contribution >= 0.6 is 7.82 Å². The van der Waals surface area contributed by atoms with Crippen LogP contribution in [0.25, 0.3) is 0 Å². The Morgan fingerprint density at radius 2 is 0.910 bits per heavy atom. The first-order chi connectivity index (χ1) is 32.5. The van der Waals surface area contributed by atoms with Crippen LogP contribution < -0.4 is 10.2 Å². The maximum absolute atomic E-state index is 12.9. The number of nitrogens with one attached hydrogen (secondary N) is 1. The molecule has 0 spiro atoms. The smallest absolute Gasteiger partial charge is 0.268 e. The molecule has 392 valence electrons. The van der Waals surface area contributed by atoms with Crippen LogP contribution in [-0.2, 0) is 18.4 Å². The second kappa shape index (κ2) is 49.2. The molecule has 0 aromatic carbocycles. The van der Waals surface area contributed by atoms with E-state index in [4.69, 9.17) is 9.05 Å². The maximum Gasteiger partial charge on any atom is 0.268 e. The Hall–Kier alpha value is -1.80. The van der Waals surface area contributed by atoms with Gasteiger partial charge in [-0.2, -0.15) is 0 Å². The zero-order valence-electron chi connectivity index (χ0n) is 44.6. The summed E-state index contributed by atoms with van der Waals surface area (Å²) < 4.78 is 23.3. The van der Waals surface area contributed by atoms with E-state index >= 15 is 0 Å². The van der Waals surface area contributed by atoms with Gasteiger partial charge in [-0.15, -0.1) is 0 Å². The van der Waals surface area contributed by atoms with Gasteiger partial charge in [0, 0.05) is 6.42 Å². The van der Waals surface area contributed by atoms with Gasteiger partial charge in [0.05, 0.1) is 39.9 Å². The largest absolute Gasteiger partial charge is 0.756 e. The number of likely N-dealkylation sites (N-methyl/N-ethyl adjacent to an activating group) is 1. The Labute approximate surface area is 415 Å². The Balaban J connectivity index is 4.00. The van der Waals surface area contributed by atoms with Crippen molar-refractivity contribution >= 4 is 13.7 Å². The zero-order chi connectivity index (χ0) is 49.2. The van der Waals surface area contributed by atoms with Crippen molar-refractivity contribution in [3.63, 3.8) is 0 Å². The minimum absolute atomic E-state index is 0.000845. The molecule has 0 bridgehead atoms. The number of unbranched alkanes of at least 4 members (excludes halogenated alkanes) is 30. The Morgan fingerprint density at radius 1 is 0.537 bits per heavy atom. The van der Waals surface area contributed by atoms with E-state index in [0.717, 1.165) is 64.2 Å². The summed E-state index contributed by atoms with van der Waals surface area (Å²) in [4.78, 5) is 25.4. The number of phosphoric ester groups is 1. The first-order valence-corrected chi connectivity index (χ1v) is 29.6. The summed E-state index contributed by atoms with van der Waals surface area (Å²) in [6.07, 6.45) is 65.9. The Kier molecular flexibility index (Phi) is 47.9. The lowest BCUT2D eigenvalue weighted by molar-refractivity contribution is -0.870. The number of nitrogens with zero attached hydrogens (tertiary/aromatic N) is 1. The minimum atomic E-state index is -4.59. The molecular formula is C58H109N2O6P. The number of hydrogen-bond acceptors (Lipinski definition) is 6. The quantitative estimate of drug-likeness (QED) is 0.0272. The van der Waals surface area contributed by atoms with Crippen molar-refractivity contribution < 1.29 is 32.9 Å². The van der Waals surface area contributed by atoms with Crippen LogP contribution in [0, 0.1) is 0 Å². The third-order valence-corrected chi connectivity index (χ3v) is 13.4. The van der Waals surface area contributed by atoms with Gasteiger partial charge in [-0.05, 0) is 57.8 Å². The molecule has 0 aliphatic rings. The fraction of sp³-hybridized carbons (Fsp3) is 0.810. The van der Waals surface area contributed by atoms with Gasteiger partial charge >= 0.3 is 0 Å². The van der Waals surface area contributed by atoms with Crippen LogP contribution in [0.1, 0.15) is 251 Å². The van der Waals surface area contributed by atoms with Gasteiger partial charge in [0.15, 0.2) is 0 Å². The second-order valence-corrected chi connectivity index (χ2v) is 21.7. The predicted molar refractivity (Wildman–Crippen MR) is 288 cm³/mol. The van der Waals surface area contributed by atoms with E-state index in [1.165, 1.54) is 167 Å². The molecule has 2 N–H and O–H groups in total. The first-order valence-electron chi connectivity index (χ1n) is 28.2. The van der Waals surface area contributed by atoms with Crippen LogP contribution in [0.5, 0.6) is 0 Å². The highest BCUT2D eigenvalue weighted by molar-refractivity contribution is 7.45. The van der Waals surface area contributed by atoms with Gasteiger partial charge < -0.3 is 28.8 Å². The van der Waals surface area contributed by atoms with Gasteiger partial charge in [0.1, 0.15) is 13.2 Å². The lowest BCUT2D eigenvalue weighted by Crippen LogP contribution is -2.45. The fourth-order valence-electron chi connectivity index (χ4n) is 8.09. The number of quaternary nitrogens is 1. The number of carbonyl (C=O) groups is 1. The number of hydrogen-bond donors (Lipinski definition) is 2. The molecule has 0 aromatic rings. The van der Waals surface area contributed by atoms with Crippen molar-refractivity contribution in [2.45, 2.75) is 264 Å². The molecule has 8 nitrogen and oxygen atoms in total. The average molecular weight is 961 g/mol. The van der Waals surface area contributed by atoms with Crippen molar-refractivity contribution in [3.8, 4) is 0 Å². The molecule has 67 heavy (non-hydrogen) atoms. The molecule has 0 fully saturated rings. The predicted octanol–water partition coefficient (Wildman–Crippen LogP) is 16.3. The number of allylic oxidation sites excluding steroid dienone is 9. The molecule has 1 amide bonds. The fourth-order valence-corrected chi connectivity index (χ4v) is 8.81. The van der Waals surface area contributed by atoms with Gasteiger partial charge in [0.2, 0.25) is 5.91 Å². The number of phosphoric acid groups is 1. The van der Waals surface area contributed by atoms with Crippen molar-refractivity contribution in [2.24, 2.45) is 0 Å². The summed E-state index contributed by atoms with van der Waals surface area (Å²) in [6, 6.07) is -0.885. The summed E-state index contributed by atoms with van der Waals surface area (Å²) in [6.45, 7) is 4.54. The molecule has 0 rings (SSSR count). The van der Waals surface area contributed by atoms with Crippen molar-refractivity contribution in [3.05, 3.63) is 60.8 Å². The number of rotatable bonds is 51. The summed E-state index contributed by atoms with van der Waals surface area (Å²) in [5.41, 5.74) is 0. The minimum Gasteiger partial charge on any atom is -0.756 e. The van der Waals surface area contributed by atoms with Gasteiger partial charge in [-0.1, -0.05) is 248 Å². The molecule has 0 aliphatic carbocycles. The molecule has 3 unspecified atom stereocenters. The monoisotopic (exact) mass is 961 g/mol. The van der Waals surface area contributed by atoms with E-state index in [1.54, 1.807) is 6.08 Å². The third-order valence-electron chi connectivity index (χ3n) is 12.5. The van der Waals surface area contributed by atoms with E-state index < -0.39 is 20.0 Å². The summed E-state index contributed by atoms with van der Waals surface area (Å²) in [5.74, 6) is -0.196. The molecule has 0 heterocycles. The van der Waals surface area contributed by atoms with E-state index in [1.807, 2.05) is 27.2 Å². The molecule has 0 aliphatic heterocycles. The summed E-state index contributed by atoms with van der Waals surface area (Å²) in [5, 5.41) is 13.8. The maximum atomic E-state index is 12.9.